The highest BCUT2D eigenvalue weighted by atomic mass is 19.4. The number of hydrogen-bond donors (Lipinski definition) is 0. The van der Waals surface area contributed by atoms with E-state index in [0.29, 0.717) is 25.9 Å². The van der Waals surface area contributed by atoms with Crippen LogP contribution in [0.3, 0.4) is 0 Å². The second-order valence-electron chi connectivity index (χ2n) is 5.96. The average Bonchev–Trinajstić information content (AvgIpc) is 3.15. The number of piperidine rings is 1. The van der Waals surface area contributed by atoms with Gasteiger partial charge < -0.3 is 14.1 Å². The summed E-state index contributed by atoms with van der Waals surface area (Å²) in [5.74, 6) is -1.84. The highest BCUT2D eigenvalue weighted by Gasteiger charge is 2.36. The van der Waals surface area contributed by atoms with Crippen LogP contribution in [-0.4, -0.2) is 29.9 Å². The van der Waals surface area contributed by atoms with Crippen LogP contribution in [0.25, 0.3) is 0 Å². The molecule has 1 aromatic carbocycles. The van der Waals surface area contributed by atoms with Gasteiger partial charge in [-0.15, -0.1) is 0 Å². The van der Waals surface area contributed by atoms with Crippen molar-refractivity contribution < 1.29 is 31.9 Å². The molecule has 2 heterocycles. The number of hydrogen-bond acceptors (Lipinski definition) is 4. The lowest BCUT2D eigenvalue weighted by atomic mass is 9.97. The first kappa shape index (κ1) is 18.0. The van der Waals surface area contributed by atoms with Crippen LogP contribution in [0.5, 0.6) is 5.75 Å². The van der Waals surface area contributed by atoms with Crippen molar-refractivity contribution >= 4 is 11.9 Å². The van der Waals surface area contributed by atoms with Crippen LogP contribution in [-0.2, 0) is 11.0 Å². The normalized spacial score (nSPS) is 15.7. The van der Waals surface area contributed by atoms with E-state index in [-0.39, 0.29) is 11.7 Å². The summed E-state index contributed by atoms with van der Waals surface area (Å²) in [6.07, 6.45) is -2.57. The molecule has 5 nitrogen and oxygen atoms in total. The molecule has 8 heteroatoms. The molecule has 1 fully saturated rings. The fraction of sp³-hybridized carbons (Fsp3) is 0.333. The summed E-state index contributed by atoms with van der Waals surface area (Å²) >= 11 is 0. The third-order valence-electron chi connectivity index (χ3n) is 4.25. The average molecular weight is 367 g/mol. The maximum atomic E-state index is 13.0. The minimum absolute atomic E-state index is 0.213. The molecule has 2 aromatic rings. The maximum absolute atomic E-state index is 13.0. The number of amides is 1. The molecule has 0 N–H and O–H groups in total. The van der Waals surface area contributed by atoms with E-state index in [1.54, 1.807) is 17.0 Å². The zero-order chi connectivity index (χ0) is 18.7. The molecule has 138 valence electrons. The lowest BCUT2D eigenvalue weighted by molar-refractivity contribution is -0.145. The van der Waals surface area contributed by atoms with E-state index in [1.165, 1.54) is 18.4 Å². The number of ether oxygens (including phenoxy) is 1. The largest absolute Gasteiger partial charge is 0.459 e. The number of benzene rings is 1. The van der Waals surface area contributed by atoms with Gasteiger partial charge in [0.25, 0.3) is 5.91 Å². The van der Waals surface area contributed by atoms with E-state index in [9.17, 15) is 22.8 Å². The van der Waals surface area contributed by atoms with Crippen molar-refractivity contribution in [3.63, 3.8) is 0 Å². The van der Waals surface area contributed by atoms with Crippen molar-refractivity contribution in [2.45, 2.75) is 19.0 Å². The van der Waals surface area contributed by atoms with Crippen LogP contribution in [0.15, 0.2) is 47.1 Å². The third kappa shape index (κ3) is 3.89. The first-order chi connectivity index (χ1) is 12.4. The third-order valence-corrected chi connectivity index (χ3v) is 4.25. The lowest BCUT2D eigenvalue weighted by Crippen LogP contribution is -2.41. The Labute approximate surface area is 147 Å². The van der Waals surface area contributed by atoms with E-state index in [4.69, 9.17) is 9.15 Å². The van der Waals surface area contributed by atoms with Crippen LogP contribution < -0.4 is 4.74 Å². The van der Waals surface area contributed by atoms with Gasteiger partial charge in [-0.05, 0) is 37.1 Å². The van der Waals surface area contributed by atoms with Gasteiger partial charge in [-0.3, -0.25) is 9.59 Å². The van der Waals surface area contributed by atoms with Crippen molar-refractivity contribution in [3.05, 3.63) is 54.0 Å². The first-order valence-electron chi connectivity index (χ1n) is 8.07. The van der Waals surface area contributed by atoms with Gasteiger partial charge in [0.2, 0.25) is 0 Å². The Balaban J connectivity index is 1.60. The smallest absolute Gasteiger partial charge is 0.419 e. The molecule has 1 amide bonds. The fourth-order valence-electron chi connectivity index (χ4n) is 2.86. The number of halogens is 3. The minimum atomic E-state index is -4.60. The molecular weight excluding hydrogens is 351 g/mol. The molecule has 0 atom stereocenters. The molecule has 0 unspecified atom stereocenters. The van der Waals surface area contributed by atoms with Gasteiger partial charge in [0, 0.05) is 13.1 Å². The number of carbonyl (C=O) groups is 2. The Bertz CT molecular complexity index is 778. The van der Waals surface area contributed by atoms with E-state index >= 15 is 0 Å². The number of rotatable bonds is 3. The summed E-state index contributed by atoms with van der Waals surface area (Å²) in [6.45, 7) is 0.612. The Morgan fingerprint density at radius 2 is 1.77 bits per heavy atom. The summed E-state index contributed by atoms with van der Waals surface area (Å²) in [5, 5.41) is 0. The van der Waals surface area contributed by atoms with E-state index in [2.05, 4.69) is 0 Å². The molecular formula is C18H16F3NO4. The van der Waals surface area contributed by atoms with Gasteiger partial charge in [-0.2, -0.15) is 13.2 Å². The minimum Gasteiger partial charge on any atom is -0.459 e. The van der Waals surface area contributed by atoms with Crippen LogP contribution in [0.1, 0.15) is 29.0 Å². The first-order valence-corrected chi connectivity index (χ1v) is 8.07. The van der Waals surface area contributed by atoms with Crippen molar-refractivity contribution in [2.75, 3.05) is 13.1 Å². The van der Waals surface area contributed by atoms with E-state index in [1.807, 2.05) is 0 Å². The molecule has 0 radical (unpaired) electrons. The Morgan fingerprint density at radius 3 is 2.38 bits per heavy atom. The van der Waals surface area contributed by atoms with Gasteiger partial charge >= 0.3 is 12.1 Å². The van der Waals surface area contributed by atoms with Crippen LogP contribution in [0, 0.1) is 5.92 Å². The highest BCUT2D eigenvalue weighted by molar-refractivity contribution is 5.91. The number of alkyl halides is 3. The predicted octanol–water partition coefficient (Wildman–Crippen LogP) is 3.76. The maximum Gasteiger partial charge on any atom is 0.419 e. The van der Waals surface area contributed by atoms with Gasteiger partial charge in [0.1, 0.15) is 5.75 Å². The Kier molecular flexibility index (Phi) is 5.01. The van der Waals surface area contributed by atoms with Crippen molar-refractivity contribution in [3.8, 4) is 5.75 Å². The van der Waals surface area contributed by atoms with E-state index in [0.717, 1.165) is 12.1 Å². The molecule has 1 aromatic heterocycles. The number of esters is 1. The molecule has 3 rings (SSSR count). The lowest BCUT2D eigenvalue weighted by Gasteiger charge is -2.30. The fourth-order valence-corrected chi connectivity index (χ4v) is 2.86. The van der Waals surface area contributed by atoms with Crippen LogP contribution >= 0.6 is 0 Å². The van der Waals surface area contributed by atoms with E-state index < -0.39 is 29.4 Å². The van der Waals surface area contributed by atoms with Crippen LogP contribution in [0.2, 0.25) is 0 Å². The van der Waals surface area contributed by atoms with Crippen molar-refractivity contribution in [1.29, 1.82) is 0 Å². The monoisotopic (exact) mass is 367 g/mol. The number of furan rings is 1. The second-order valence-corrected chi connectivity index (χ2v) is 5.96. The molecule has 1 aliphatic heterocycles. The summed E-state index contributed by atoms with van der Waals surface area (Å²) in [6, 6.07) is 7.76. The van der Waals surface area contributed by atoms with Crippen LogP contribution in [0.4, 0.5) is 13.2 Å². The Morgan fingerprint density at radius 1 is 1.08 bits per heavy atom. The highest BCUT2D eigenvalue weighted by Crippen LogP contribution is 2.36. The van der Waals surface area contributed by atoms with Gasteiger partial charge in [0.05, 0.1) is 17.7 Å². The molecule has 26 heavy (non-hydrogen) atoms. The molecule has 0 bridgehead atoms. The standard InChI is InChI=1S/C18H16F3NO4/c19-18(20,21)13-4-1-2-5-14(13)26-17(24)12-7-9-22(10-8-12)16(23)15-6-3-11-25-15/h1-6,11-12H,7-10H2. The SMILES string of the molecule is O=C(Oc1ccccc1C(F)(F)F)C1CCN(C(=O)c2ccco2)CC1. The predicted molar refractivity (Wildman–Crippen MR) is 84.4 cm³/mol. The molecule has 0 saturated carbocycles. The summed E-state index contributed by atoms with van der Waals surface area (Å²) < 4.78 is 49.0. The molecule has 0 aliphatic carbocycles. The number of para-hydroxylation sites is 1. The number of likely N-dealkylation sites (tertiary alicyclic amines) is 1. The topological polar surface area (TPSA) is 59.8 Å². The zero-order valence-electron chi connectivity index (χ0n) is 13.7. The van der Waals surface area contributed by atoms with Gasteiger partial charge in [-0.25, -0.2) is 0 Å². The number of nitrogens with zero attached hydrogens (tertiary/aromatic N) is 1. The summed E-state index contributed by atoms with van der Waals surface area (Å²) in [4.78, 5) is 26.0. The quantitative estimate of drug-likeness (QED) is 0.612. The summed E-state index contributed by atoms with van der Waals surface area (Å²) in [5.41, 5.74) is -0.987. The van der Waals surface area contributed by atoms with Crippen molar-refractivity contribution in [1.82, 2.24) is 4.90 Å². The van der Waals surface area contributed by atoms with Crippen molar-refractivity contribution in [2.24, 2.45) is 5.92 Å². The molecule has 0 spiro atoms. The summed E-state index contributed by atoms with van der Waals surface area (Å²) in [7, 11) is 0. The second kappa shape index (κ2) is 7.23. The van der Waals surface area contributed by atoms with Gasteiger partial charge in [0.15, 0.2) is 5.76 Å². The molecule has 1 aliphatic rings. The zero-order valence-corrected chi connectivity index (χ0v) is 13.7. The number of carbonyl (C=O) groups excluding carboxylic acids is 2. The molecule has 1 saturated heterocycles. The van der Waals surface area contributed by atoms with Gasteiger partial charge in [-0.1, -0.05) is 12.1 Å². The Hall–Kier alpha value is -2.77.